The Morgan fingerprint density at radius 3 is 2.53 bits per heavy atom. The molecule has 0 aliphatic carbocycles. The van der Waals surface area contributed by atoms with Crippen molar-refractivity contribution in [2.24, 2.45) is 0 Å². The van der Waals surface area contributed by atoms with Crippen molar-refractivity contribution < 1.29 is 10.4 Å². The zero-order valence-corrected chi connectivity index (χ0v) is 10.4. The molecule has 0 saturated carbocycles. The summed E-state index contributed by atoms with van der Waals surface area (Å²) >= 11 is 0. The van der Waals surface area contributed by atoms with Crippen molar-refractivity contribution in [2.45, 2.75) is 6.92 Å². The highest BCUT2D eigenvalue weighted by Crippen LogP contribution is 2.20. The highest BCUT2D eigenvalue weighted by atomic mass is 16.8. The lowest BCUT2D eigenvalue weighted by atomic mass is 10.1. The van der Waals surface area contributed by atoms with E-state index in [0.717, 1.165) is 22.5 Å². The van der Waals surface area contributed by atoms with E-state index in [1.54, 1.807) is 24.3 Å². The van der Waals surface area contributed by atoms with Gasteiger partial charge in [-0.15, -0.1) is 0 Å². The van der Waals surface area contributed by atoms with Crippen LogP contribution in [0.1, 0.15) is 5.56 Å². The molecule has 0 fully saturated rings. The van der Waals surface area contributed by atoms with Gasteiger partial charge in [-0.25, -0.2) is 10.2 Å². The lowest BCUT2D eigenvalue weighted by molar-refractivity contribution is -0.991. The van der Waals surface area contributed by atoms with E-state index < -0.39 is 5.23 Å². The first-order chi connectivity index (χ1) is 9.13. The highest BCUT2D eigenvalue weighted by molar-refractivity contribution is 5.63. The van der Waals surface area contributed by atoms with Crippen LogP contribution in [0.25, 0.3) is 16.9 Å². The fourth-order valence-electron chi connectivity index (χ4n) is 2.03. The topological polar surface area (TPSA) is 65.0 Å². The molecule has 2 heterocycles. The molecule has 3 rings (SSSR count). The van der Waals surface area contributed by atoms with E-state index in [1.807, 2.05) is 35.9 Å². The minimum absolute atomic E-state index is 0.281. The zero-order valence-electron chi connectivity index (χ0n) is 10.4. The first kappa shape index (κ1) is 11.9. The fourth-order valence-corrected chi connectivity index (χ4v) is 2.03. The Bertz CT molecular complexity index is 717. The summed E-state index contributed by atoms with van der Waals surface area (Å²) in [6, 6.07) is 10.7. The number of benzene rings is 1. The molecule has 2 N–H and O–H groups in total. The van der Waals surface area contributed by atoms with Crippen LogP contribution in [0.3, 0.4) is 0 Å². The number of fused-ring (bicyclic) bond motifs is 1. The predicted octanol–water partition coefficient (Wildman–Crippen LogP) is 1.71. The van der Waals surface area contributed by atoms with Crippen molar-refractivity contribution in [3.8, 4) is 11.3 Å². The number of aryl methyl sites for hydroxylation is 1. The van der Waals surface area contributed by atoms with Crippen molar-refractivity contribution in [3.63, 3.8) is 0 Å². The number of hydrogen-bond donors (Lipinski definition) is 2. The van der Waals surface area contributed by atoms with Crippen LogP contribution in [0.2, 0.25) is 0 Å². The number of nitrogens with one attached hydrogen (secondary N) is 1. The van der Waals surface area contributed by atoms with E-state index in [-0.39, 0.29) is 5.69 Å². The van der Waals surface area contributed by atoms with E-state index in [1.165, 1.54) is 0 Å². The Labute approximate surface area is 109 Å². The summed E-state index contributed by atoms with van der Waals surface area (Å²) < 4.78 is 1.97. The molecule has 96 valence electrons. The third kappa shape index (κ3) is 2.22. The summed E-state index contributed by atoms with van der Waals surface area (Å²) in [7, 11) is 0. The molecule has 0 amide bonds. The number of nitrogens with zero attached hydrogens (tertiary/aromatic N) is 2. The summed E-state index contributed by atoms with van der Waals surface area (Å²) in [4.78, 5) is 4.51. The molecule has 3 aromatic rings. The van der Waals surface area contributed by atoms with Gasteiger partial charge < -0.3 is 9.61 Å². The third-order valence-corrected chi connectivity index (χ3v) is 3.03. The van der Waals surface area contributed by atoms with Crippen molar-refractivity contribution in [2.75, 3.05) is 0 Å². The molecule has 0 aliphatic heterocycles. The molecular formula is C14H13N3O2. The average Bonchev–Trinajstić information content (AvgIpc) is 2.81. The van der Waals surface area contributed by atoms with Crippen molar-refractivity contribution in [1.82, 2.24) is 9.38 Å². The minimum atomic E-state index is -0.919. The summed E-state index contributed by atoms with van der Waals surface area (Å²) in [5.74, 6) is 0. The number of quaternary nitrogens is 1. The molecule has 1 aromatic carbocycles. The van der Waals surface area contributed by atoms with Crippen molar-refractivity contribution in [3.05, 3.63) is 59.6 Å². The second-order valence-electron chi connectivity index (χ2n) is 4.48. The summed E-state index contributed by atoms with van der Waals surface area (Å²) in [5.41, 5.74) is 4.07. The molecule has 0 saturated heterocycles. The van der Waals surface area contributed by atoms with Crippen LogP contribution in [0.5, 0.6) is 0 Å². The van der Waals surface area contributed by atoms with Gasteiger partial charge in [0.25, 0.3) is 0 Å². The highest BCUT2D eigenvalue weighted by Gasteiger charge is 2.06. The maximum Gasteiger partial charge on any atom is 0.163 e. The number of hydrogen-bond acceptors (Lipinski definition) is 3. The molecule has 0 bridgehead atoms. The fraction of sp³-hybridized carbons (Fsp3) is 0.0714. The summed E-state index contributed by atoms with van der Waals surface area (Å²) in [6.07, 6.45) is 3.95. The van der Waals surface area contributed by atoms with Gasteiger partial charge in [0.1, 0.15) is 5.65 Å². The Morgan fingerprint density at radius 1 is 1.11 bits per heavy atom. The lowest BCUT2D eigenvalue weighted by Gasteiger charge is -2.10. The van der Waals surface area contributed by atoms with Crippen LogP contribution in [0.4, 0.5) is 5.69 Å². The molecule has 1 unspecified atom stereocenters. The zero-order chi connectivity index (χ0) is 13.4. The van der Waals surface area contributed by atoms with Gasteiger partial charge in [0, 0.05) is 30.1 Å². The Hall–Kier alpha value is -2.21. The Kier molecular flexibility index (Phi) is 2.79. The Balaban J connectivity index is 2.03. The predicted molar refractivity (Wildman–Crippen MR) is 71.1 cm³/mol. The largest absolute Gasteiger partial charge is 0.595 e. The van der Waals surface area contributed by atoms with E-state index >= 15 is 0 Å². The molecule has 19 heavy (non-hydrogen) atoms. The smallest absolute Gasteiger partial charge is 0.163 e. The molecule has 5 heteroatoms. The lowest BCUT2D eigenvalue weighted by Crippen LogP contribution is -2.99. The maximum atomic E-state index is 10.8. The van der Waals surface area contributed by atoms with Crippen LogP contribution in [0, 0.1) is 12.1 Å². The van der Waals surface area contributed by atoms with Gasteiger partial charge in [-0.1, -0.05) is 6.07 Å². The van der Waals surface area contributed by atoms with Crippen molar-refractivity contribution >= 4 is 11.3 Å². The first-order valence-corrected chi connectivity index (χ1v) is 5.92. The molecule has 0 aliphatic rings. The summed E-state index contributed by atoms with van der Waals surface area (Å²) in [6.45, 7) is 2.03. The number of pyridine rings is 1. The monoisotopic (exact) mass is 255 g/mol. The first-order valence-electron chi connectivity index (χ1n) is 5.92. The van der Waals surface area contributed by atoms with E-state index in [2.05, 4.69) is 4.98 Å². The van der Waals surface area contributed by atoms with Gasteiger partial charge in [-0.2, -0.15) is 5.23 Å². The number of rotatable bonds is 2. The van der Waals surface area contributed by atoms with Gasteiger partial charge in [0.05, 0.1) is 5.69 Å². The number of aromatic nitrogens is 2. The van der Waals surface area contributed by atoms with Crippen LogP contribution in [0.15, 0.2) is 48.8 Å². The molecule has 0 radical (unpaired) electrons. The second kappa shape index (κ2) is 4.47. The van der Waals surface area contributed by atoms with Gasteiger partial charge >= 0.3 is 0 Å². The summed E-state index contributed by atoms with van der Waals surface area (Å²) in [5, 5.41) is 18.8. The molecule has 0 spiro atoms. The van der Waals surface area contributed by atoms with E-state index in [9.17, 15) is 5.21 Å². The SMILES string of the molecule is Cc1ccc2nc(-c3ccc([NH+]([O-])O)cc3)cn2c1. The standard InChI is InChI=1S/C14H13N3O2/c1-10-2-7-14-15-13(9-16(14)8-10)11-3-5-12(6-4-11)17(18)19/h2-9,17-18H,1H3. The van der Waals surface area contributed by atoms with Gasteiger partial charge in [0.15, 0.2) is 5.69 Å². The van der Waals surface area contributed by atoms with Crippen molar-refractivity contribution in [1.29, 1.82) is 0 Å². The minimum Gasteiger partial charge on any atom is -0.595 e. The Morgan fingerprint density at radius 2 is 1.84 bits per heavy atom. The van der Waals surface area contributed by atoms with Gasteiger partial charge in [0.2, 0.25) is 0 Å². The molecule has 5 nitrogen and oxygen atoms in total. The van der Waals surface area contributed by atoms with E-state index in [0.29, 0.717) is 0 Å². The van der Waals surface area contributed by atoms with Crippen LogP contribution < -0.4 is 5.23 Å². The van der Waals surface area contributed by atoms with Crippen LogP contribution in [-0.4, -0.2) is 14.6 Å². The van der Waals surface area contributed by atoms with E-state index in [4.69, 9.17) is 5.21 Å². The second-order valence-corrected chi connectivity index (χ2v) is 4.48. The van der Waals surface area contributed by atoms with Gasteiger partial charge in [-0.3, -0.25) is 0 Å². The molecular weight excluding hydrogens is 242 g/mol. The molecule has 2 aromatic heterocycles. The quantitative estimate of drug-likeness (QED) is 0.685. The van der Waals surface area contributed by atoms with Gasteiger partial charge in [-0.05, 0) is 30.7 Å². The maximum absolute atomic E-state index is 10.8. The average molecular weight is 255 g/mol. The molecule has 1 atom stereocenters. The normalized spacial score (nSPS) is 12.8. The van der Waals surface area contributed by atoms with Crippen LogP contribution >= 0.6 is 0 Å². The van der Waals surface area contributed by atoms with Crippen LogP contribution in [-0.2, 0) is 0 Å². The number of imidazole rings is 1. The third-order valence-electron chi connectivity index (χ3n) is 3.03.